The second-order valence-corrected chi connectivity index (χ2v) is 19.4. The van der Waals surface area contributed by atoms with E-state index in [0.29, 0.717) is 10.7 Å². The van der Waals surface area contributed by atoms with Gasteiger partial charge in [0.25, 0.3) is 0 Å². The van der Waals surface area contributed by atoms with E-state index in [2.05, 4.69) is 26.6 Å². The first kappa shape index (κ1) is 55.1. The maximum Gasteiger partial charge on any atom is 0.408 e. The predicted molar refractivity (Wildman–Crippen MR) is 227 cm³/mol. The number of nitrogens with one attached hydrogen (secondary N) is 5. The number of alkyl carbamates (subject to hydrolysis) is 3. The van der Waals surface area contributed by atoms with Crippen molar-refractivity contribution in [3.63, 3.8) is 0 Å². The summed E-state index contributed by atoms with van der Waals surface area (Å²) in [6.45, 7) is 15.5. The first-order chi connectivity index (χ1) is 29.9. The summed E-state index contributed by atoms with van der Waals surface area (Å²) < 4.78 is 40.8. The molecule has 2 aliphatic heterocycles. The highest BCUT2D eigenvalue weighted by molar-refractivity contribution is 5.81. The van der Waals surface area contributed by atoms with Crippen molar-refractivity contribution in [3.8, 4) is 0 Å². The smallest absolute Gasteiger partial charge is 0.408 e. The second kappa shape index (κ2) is 23.0. The third kappa shape index (κ3) is 17.5. The van der Waals surface area contributed by atoms with Crippen LogP contribution in [0.5, 0.6) is 0 Å². The molecule has 0 spiro atoms. The number of ether oxygens (including phenoxy) is 7. The van der Waals surface area contributed by atoms with Crippen molar-refractivity contribution < 1.29 is 87.8 Å². The molecule has 1 saturated heterocycles. The number of carbonyl (C=O) groups is 5. The number of carboxylic acid groups (broad SMARTS) is 1. The van der Waals surface area contributed by atoms with Gasteiger partial charge in [0.05, 0.1) is 43.9 Å². The number of hydrogen-bond acceptors (Lipinski definition) is 18. The fourth-order valence-corrected chi connectivity index (χ4v) is 7.24. The molecule has 0 aromatic rings. The molecule has 0 bridgehead atoms. The van der Waals surface area contributed by atoms with E-state index in [1.54, 1.807) is 68.4 Å². The first-order valence-electron chi connectivity index (χ1n) is 21.5. The van der Waals surface area contributed by atoms with Crippen molar-refractivity contribution >= 4 is 30.3 Å². The molecule has 2 heterocycles. The summed E-state index contributed by atoms with van der Waals surface area (Å²) in [6.07, 6.45) is -14.9. The van der Waals surface area contributed by atoms with Gasteiger partial charge in [0.2, 0.25) is 12.2 Å². The van der Waals surface area contributed by atoms with Gasteiger partial charge in [0.1, 0.15) is 58.7 Å². The Balaban J connectivity index is 2.07. The van der Waals surface area contributed by atoms with Crippen LogP contribution >= 0.6 is 0 Å². The molecule has 5 amide bonds. The van der Waals surface area contributed by atoms with Gasteiger partial charge in [0, 0.05) is 20.1 Å². The van der Waals surface area contributed by atoms with Crippen LogP contribution in [0.3, 0.4) is 0 Å². The van der Waals surface area contributed by atoms with Crippen LogP contribution in [0.4, 0.5) is 19.2 Å². The van der Waals surface area contributed by atoms with Crippen LogP contribution in [0.25, 0.3) is 0 Å². The van der Waals surface area contributed by atoms with Crippen LogP contribution < -0.4 is 26.6 Å². The van der Waals surface area contributed by atoms with Crippen molar-refractivity contribution in [2.75, 3.05) is 39.9 Å². The molecule has 1 aliphatic carbocycles. The van der Waals surface area contributed by atoms with Gasteiger partial charge in [-0.2, -0.15) is 0 Å². The molecule has 11 N–H and O–H groups in total. The van der Waals surface area contributed by atoms with Crippen LogP contribution in [0, 0.1) is 0 Å². The first-order valence-corrected chi connectivity index (χ1v) is 21.5. The minimum atomic E-state index is -1.93. The van der Waals surface area contributed by atoms with E-state index in [1.165, 1.54) is 6.92 Å². The van der Waals surface area contributed by atoms with Crippen LogP contribution in [-0.4, -0.2) is 195 Å². The number of rotatable bonds is 16. The maximum absolute atomic E-state index is 13.7. The molecular weight excluding hydrogens is 864 g/mol. The molecule has 24 heteroatoms. The number of carbonyl (C=O) groups excluding carboxylic acids is 4. The largest absolute Gasteiger partial charge is 0.466 e. The standard InChI is InChI=1S/C41H72N6O18/c1-38(2,3)63-34(53)43-15-14-25(49)31(52)44-23-18-24(46-36(55)65-40(7,8)9)29(26(50)28(23)62-33-27(51)30(47(11)37(56)57)41(10,58)20-59-33)61-32-22(45-35(54)64-39(4,5)6)13-12-21(60-32)19-42-16-17-48/h12,22-30,32-33,42,48-51,58H,13-20H2,1-11H3,(H,43,53)(H,44,52)(H,45,54)(H,46,55)(H,56,57)/t22-,23-,24+,25?,26-,27-,28+,29-,30-,32-,33-,41+/m1/s1. The molecule has 1 unspecified atom stereocenters. The highest BCUT2D eigenvalue weighted by Gasteiger charge is 2.55. The zero-order valence-corrected chi connectivity index (χ0v) is 39.1. The maximum atomic E-state index is 13.7. The number of nitrogens with zero attached hydrogens (tertiary/aromatic N) is 1. The minimum absolute atomic E-state index is 0.118. The van der Waals surface area contributed by atoms with Gasteiger partial charge < -0.3 is 95.3 Å². The van der Waals surface area contributed by atoms with Gasteiger partial charge in [-0.1, -0.05) is 0 Å². The van der Waals surface area contributed by atoms with Crippen molar-refractivity contribution in [1.82, 2.24) is 31.5 Å². The van der Waals surface area contributed by atoms with Gasteiger partial charge in [-0.15, -0.1) is 0 Å². The number of likely N-dealkylation sites (N-methyl/N-ethyl adjacent to an activating group) is 1. The highest BCUT2D eigenvalue weighted by Crippen LogP contribution is 2.34. The Morgan fingerprint density at radius 3 is 1.88 bits per heavy atom. The topological polar surface area (TPSA) is 335 Å². The summed E-state index contributed by atoms with van der Waals surface area (Å²) >= 11 is 0. The summed E-state index contributed by atoms with van der Waals surface area (Å²) in [4.78, 5) is 65.1. The monoisotopic (exact) mass is 936 g/mol. The molecule has 65 heavy (non-hydrogen) atoms. The molecule has 3 aliphatic rings. The lowest BCUT2D eigenvalue weighted by Crippen LogP contribution is -2.70. The Morgan fingerprint density at radius 1 is 0.815 bits per heavy atom. The Kier molecular flexibility index (Phi) is 19.4. The lowest BCUT2D eigenvalue weighted by Gasteiger charge is -2.50. The highest BCUT2D eigenvalue weighted by atomic mass is 16.7. The van der Waals surface area contributed by atoms with Gasteiger partial charge >= 0.3 is 24.4 Å². The van der Waals surface area contributed by atoms with Crippen molar-refractivity contribution in [3.05, 3.63) is 11.8 Å². The van der Waals surface area contributed by atoms with Crippen LogP contribution in [0.1, 0.15) is 88.5 Å². The molecule has 374 valence electrons. The lowest BCUT2D eigenvalue weighted by atomic mass is 9.82. The predicted octanol–water partition coefficient (Wildman–Crippen LogP) is -0.273. The summed E-state index contributed by atoms with van der Waals surface area (Å²) in [7, 11) is 1.12. The normalized spacial score (nSPS) is 30.1. The number of hydrogen-bond donors (Lipinski definition) is 11. The SMILES string of the molecule is CN(C(=O)O)[C@@H]1[C@@H](O)[C@@H](O[C@@H]2[C@@H](O)[C@H](O[C@H]3OC(CNCCO)=CC[C@H]3NC(=O)OC(C)(C)C)[C@@H](NC(=O)OC(C)(C)C)C[C@H]2NC(=O)C(O)CCNC(=O)OC(C)(C)C)OC[C@]1(C)O. The van der Waals surface area contributed by atoms with E-state index in [-0.39, 0.29) is 45.5 Å². The molecule has 0 radical (unpaired) electrons. The van der Waals surface area contributed by atoms with Gasteiger partial charge in [-0.25, -0.2) is 19.2 Å². The van der Waals surface area contributed by atoms with Crippen LogP contribution in [0.15, 0.2) is 11.8 Å². The van der Waals surface area contributed by atoms with Gasteiger partial charge in [-0.05, 0) is 94.6 Å². The summed E-state index contributed by atoms with van der Waals surface area (Å²) in [5.74, 6) is -0.670. The van der Waals surface area contributed by atoms with E-state index < -0.39 is 127 Å². The Morgan fingerprint density at radius 2 is 1.34 bits per heavy atom. The fourth-order valence-electron chi connectivity index (χ4n) is 7.24. The average molecular weight is 937 g/mol. The Bertz CT molecular complexity index is 1650. The summed E-state index contributed by atoms with van der Waals surface area (Å²) in [5.41, 5.74) is -4.64. The average Bonchev–Trinajstić information content (AvgIpc) is 3.14. The second-order valence-electron chi connectivity index (χ2n) is 19.4. The van der Waals surface area contributed by atoms with Gasteiger partial charge in [-0.3, -0.25) is 4.79 Å². The van der Waals surface area contributed by atoms with Crippen molar-refractivity contribution in [2.45, 2.75) is 178 Å². The lowest BCUT2D eigenvalue weighted by molar-refractivity contribution is -0.311. The number of aliphatic hydroxyl groups is 5. The zero-order chi connectivity index (χ0) is 49.2. The quantitative estimate of drug-likeness (QED) is 0.0701. The van der Waals surface area contributed by atoms with E-state index in [1.807, 2.05) is 0 Å². The van der Waals surface area contributed by atoms with Crippen LogP contribution in [0.2, 0.25) is 0 Å². The summed E-state index contributed by atoms with van der Waals surface area (Å²) in [5, 5.41) is 78.5. The molecule has 12 atom stereocenters. The third-order valence-corrected chi connectivity index (χ3v) is 9.96. The Labute approximate surface area is 379 Å². The van der Waals surface area contributed by atoms with Crippen molar-refractivity contribution in [1.29, 1.82) is 0 Å². The van der Waals surface area contributed by atoms with Crippen LogP contribution in [-0.2, 0) is 38.0 Å². The van der Waals surface area contributed by atoms with Crippen molar-refractivity contribution in [2.24, 2.45) is 0 Å². The molecule has 3 rings (SSSR count). The molecule has 1 saturated carbocycles. The molecule has 24 nitrogen and oxygen atoms in total. The Hall–Kier alpha value is -4.27. The molecule has 2 fully saturated rings. The fraction of sp³-hybridized carbons (Fsp3) is 0.829. The third-order valence-electron chi connectivity index (χ3n) is 9.96. The molecule has 0 aromatic heterocycles. The van der Waals surface area contributed by atoms with E-state index in [0.717, 1.165) is 7.05 Å². The van der Waals surface area contributed by atoms with E-state index in [9.17, 15) is 54.6 Å². The zero-order valence-electron chi connectivity index (χ0n) is 39.1. The minimum Gasteiger partial charge on any atom is -0.466 e. The number of aliphatic hydroxyl groups excluding tert-OH is 4. The molecular formula is C41H72N6O18. The van der Waals surface area contributed by atoms with Gasteiger partial charge in [0.15, 0.2) is 6.29 Å². The van der Waals surface area contributed by atoms with E-state index >= 15 is 0 Å². The summed E-state index contributed by atoms with van der Waals surface area (Å²) in [6, 6.07) is -5.13. The van der Waals surface area contributed by atoms with E-state index in [4.69, 9.17) is 33.2 Å². The number of amides is 5. The molecule has 0 aromatic carbocycles.